The highest BCUT2D eigenvalue weighted by molar-refractivity contribution is 6.35. The lowest BCUT2D eigenvalue weighted by Gasteiger charge is -2.07. The van der Waals surface area contributed by atoms with Gasteiger partial charge in [0.2, 0.25) is 0 Å². The molecule has 0 saturated carbocycles. The van der Waals surface area contributed by atoms with Gasteiger partial charge in [-0.1, -0.05) is 23.2 Å². The lowest BCUT2D eigenvalue weighted by atomic mass is 10.2. The molecule has 0 aliphatic heterocycles. The van der Waals surface area contributed by atoms with Gasteiger partial charge in [0, 0.05) is 5.02 Å². The van der Waals surface area contributed by atoms with Crippen LogP contribution in [0.25, 0.3) is 0 Å². The summed E-state index contributed by atoms with van der Waals surface area (Å²) >= 11 is 11.7. The predicted octanol–water partition coefficient (Wildman–Crippen LogP) is 3.24. The zero-order valence-electron chi connectivity index (χ0n) is 12.6. The highest BCUT2D eigenvalue weighted by Crippen LogP contribution is 2.27. The number of methoxy groups -OCH3 is 1. The van der Waals surface area contributed by atoms with E-state index in [0.717, 1.165) is 0 Å². The third-order valence-corrected chi connectivity index (χ3v) is 3.39. The van der Waals surface area contributed by atoms with E-state index in [1.54, 1.807) is 24.3 Å². The molecule has 0 spiro atoms. The number of hydrogen-bond acceptors (Lipinski definition) is 5. The number of phenolic OH excluding ortho intramolecular Hbond substituents is 1. The van der Waals surface area contributed by atoms with Gasteiger partial charge in [-0.25, -0.2) is 5.43 Å². The Morgan fingerprint density at radius 2 is 2.04 bits per heavy atom. The van der Waals surface area contributed by atoms with Crippen LogP contribution in [0.5, 0.6) is 17.2 Å². The standard InChI is InChI=1S/C16H14Cl2N2O4/c1-23-15-6-10(2-4-13(15)21)8-19-20-16(22)9-24-14-5-3-11(17)7-12(14)18/h2-8,21H,9H2,1H3,(H,20,22)/b19-8-. The van der Waals surface area contributed by atoms with Gasteiger partial charge in [-0.2, -0.15) is 5.10 Å². The van der Waals surface area contributed by atoms with Crippen LogP contribution in [-0.2, 0) is 4.79 Å². The van der Waals surface area contributed by atoms with Crippen LogP contribution in [0.1, 0.15) is 5.56 Å². The number of nitrogens with one attached hydrogen (secondary N) is 1. The van der Waals surface area contributed by atoms with Crippen molar-refractivity contribution in [3.63, 3.8) is 0 Å². The largest absolute Gasteiger partial charge is 0.504 e. The van der Waals surface area contributed by atoms with E-state index in [1.807, 2.05) is 0 Å². The summed E-state index contributed by atoms with van der Waals surface area (Å²) in [7, 11) is 1.44. The van der Waals surface area contributed by atoms with Gasteiger partial charge in [-0.05, 0) is 42.0 Å². The van der Waals surface area contributed by atoms with Gasteiger partial charge in [-0.3, -0.25) is 4.79 Å². The third-order valence-electron chi connectivity index (χ3n) is 2.86. The Hall–Kier alpha value is -2.44. The molecule has 126 valence electrons. The second kappa shape index (κ2) is 8.42. The van der Waals surface area contributed by atoms with Crippen LogP contribution in [0.2, 0.25) is 10.0 Å². The Bertz CT molecular complexity index is 766. The predicted molar refractivity (Wildman–Crippen MR) is 92.4 cm³/mol. The summed E-state index contributed by atoms with van der Waals surface area (Å²) in [6.45, 7) is -0.252. The van der Waals surface area contributed by atoms with E-state index in [2.05, 4.69) is 10.5 Å². The molecule has 0 atom stereocenters. The molecule has 0 heterocycles. The normalized spacial score (nSPS) is 10.6. The van der Waals surface area contributed by atoms with Gasteiger partial charge in [0.25, 0.3) is 5.91 Å². The van der Waals surface area contributed by atoms with E-state index < -0.39 is 5.91 Å². The van der Waals surface area contributed by atoms with Crippen LogP contribution >= 0.6 is 23.2 Å². The van der Waals surface area contributed by atoms with E-state index in [1.165, 1.54) is 25.5 Å². The zero-order valence-corrected chi connectivity index (χ0v) is 14.1. The fraction of sp³-hybridized carbons (Fsp3) is 0.125. The van der Waals surface area contributed by atoms with Gasteiger partial charge >= 0.3 is 0 Å². The number of carbonyl (C=O) groups is 1. The molecule has 2 aromatic carbocycles. The minimum atomic E-state index is -0.456. The number of hydrazone groups is 1. The first-order valence-corrected chi connectivity index (χ1v) is 7.52. The molecule has 2 N–H and O–H groups in total. The summed E-state index contributed by atoms with van der Waals surface area (Å²) in [5.74, 6) is 0.226. The Labute approximate surface area is 148 Å². The summed E-state index contributed by atoms with van der Waals surface area (Å²) in [4.78, 5) is 11.7. The number of amides is 1. The molecule has 2 aromatic rings. The molecule has 0 bridgehead atoms. The summed E-state index contributed by atoms with van der Waals surface area (Å²) in [6, 6.07) is 9.37. The van der Waals surface area contributed by atoms with Crippen LogP contribution in [0.15, 0.2) is 41.5 Å². The smallest absolute Gasteiger partial charge is 0.277 e. The maximum absolute atomic E-state index is 11.7. The lowest BCUT2D eigenvalue weighted by molar-refractivity contribution is -0.123. The number of aromatic hydroxyl groups is 1. The summed E-state index contributed by atoms with van der Waals surface area (Å²) in [6.07, 6.45) is 1.41. The summed E-state index contributed by atoms with van der Waals surface area (Å²) in [5.41, 5.74) is 2.96. The van der Waals surface area contributed by atoms with Gasteiger partial charge in [0.05, 0.1) is 18.3 Å². The molecule has 0 radical (unpaired) electrons. The quantitative estimate of drug-likeness (QED) is 0.605. The fourth-order valence-corrected chi connectivity index (χ4v) is 2.18. The SMILES string of the molecule is COc1cc(/C=N\NC(=O)COc2ccc(Cl)cc2Cl)ccc1O. The van der Waals surface area contributed by atoms with Gasteiger partial charge < -0.3 is 14.6 Å². The van der Waals surface area contributed by atoms with E-state index in [0.29, 0.717) is 27.1 Å². The monoisotopic (exact) mass is 368 g/mol. The molecule has 2 rings (SSSR count). The Kier molecular flexibility index (Phi) is 6.28. The number of phenols is 1. The summed E-state index contributed by atoms with van der Waals surface area (Å²) in [5, 5.41) is 14.1. The first-order valence-electron chi connectivity index (χ1n) is 6.76. The highest BCUT2D eigenvalue weighted by Gasteiger charge is 2.06. The lowest BCUT2D eigenvalue weighted by Crippen LogP contribution is -2.24. The first-order chi connectivity index (χ1) is 11.5. The molecule has 0 aliphatic rings. The number of nitrogens with zero attached hydrogens (tertiary/aromatic N) is 1. The third kappa shape index (κ3) is 5.04. The Morgan fingerprint density at radius 1 is 1.25 bits per heavy atom. The number of ether oxygens (including phenoxy) is 2. The van der Waals surface area contributed by atoms with Crippen LogP contribution < -0.4 is 14.9 Å². The van der Waals surface area contributed by atoms with Crippen LogP contribution in [0.3, 0.4) is 0 Å². The van der Waals surface area contributed by atoms with Crippen molar-refractivity contribution in [3.8, 4) is 17.2 Å². The topological polar surface area (TPSA) is 80.2 Å². The van der Waals surface area contributed by atoms with Gasteiger partial charge in [0.15, 0.2) is 18.1 Å². The maximum Gasteiger partial charge on any atom is 0.277 e. The van der Waals surface area contributed by atoms with Crippen molar-refractivity contribution >= 4 is 35.3 Å². The van der Waals surface area contributed by atoms with Crippen LogP contribution in [0.4, 0.5) is 0 Å². The van der Waals surface area contributed by atoms with Crippen molar-refractivity contribution in [2.24, 2.45) is 5.10 Å². The average molecular weight is 369 g/mol. The second-order valence-electron chi connectivity index (χ2n) is 4.59. The second-order valence-corrected chi connectivity index (χ2v) is 5.43. The van der Waals surface area contributed by atoms with E-state index in [-0.39, 0.29) is 12.4 Å². The van der Waals surface area contributed by atoms with Crippen molar-refractivity contribution in [1.29, 1.82) is 0 Å². The highest BCUT2D eigenvalue weighted by atomic mass is 35.5. The van der Waals surface area contributed by atoms with Crippen molar-refractivity contribution in [2.45, 2.75) is 0 Å². The summed E-state index contributed by atoms with van der Waals surface area (Å²) < 4.78 is 10.3. The maximum atomic E-state index is 11.7. The first kappa shape index (κ1) is 17.9. The Morgan fingerprint density at radius 3 is 2.75 bits per heavy atom. The molecule has 8 heteroatoms. The van der Waals surface area contributed by atoms with E-state index in [4.69, 9.17) is 32.7 Å². The van der Waals surface area contributed by atoms with Crippen LogP contribution in [-0.4, -0.2) is 30.9 Å². The minimum Gasteiger partial charge on any atom is -0.504 e. The average Bonchev–Trinajstić information content (AvgIpc) is 2.55. The van der Waals surface area contributed by atoms with Gasteiger partial charge in [-0.15, -0.1) is 0 Å². The molecule has 24 heavy (non-hydrogen) atoms. The number of halogens is 2. The van der Waals surface area contributed by atoms with E-state index in [9.17, 15) is 9.90 Å². The fourth-order valence-electron chi connectivity index (χ4n) is 1.72. The molecule has 0 saturated heterocycles. The van der Waals surface area contributed by atoms with Crippen LogP contribution in [0, 0.1) is 0 Å². The number of carbonyl (C=O) groups excluding carboxylic acids is 1. The molecule has 0 aliphatic carbocycles. The molecule has 0 aromatic heterocycles. The number of hydrogen-bond donors (Lipinski definition) is 2. The van der Waals surface area contributed by atoms with Crippen molar-refractivity contribution in [1.82, 2.24) is 5.43 Å². The minimum absolute atomic E-state index is 0.0203. The van der Waals surface area contributed by atoms with Crippen molar-refractivity contribution in [2.75, 3.05) is 13.7 Å². The molecule has 1 amide bonds. The number of rotatable bonds is 6. The number of benzene rings is 2. The Balaban J connectivity index is 1.86. The molecule has 6 nitrogen and oxygen atoms in total. The van der Waals surface area contributed by atoms with E-state index >= 15 is 0 Å². The van der Waals surface area contributed by atoms with Crippen molar-refractivity contribution < 1.29 is 19.4 Å². The van der Waals surface area contributed by atoms with Gasteiger partial charge in [0.1, 0.15) is 5.75 Å². The molecular weight excluding hydrogens is 355 g/mol. The molecule has 0 unspecified atom stereocenters. The molecule has 0 fully saturated rings. The molecular formula is C16H14Cl2N2O4. The zero-order chi connectivity index (χ0) is 17.5. The van der Waals surface area contributed by atoms with Crippen molar-refractivity contribution in [3.05, 3.63) is 52.0 Å².